The van der Waals surface area contributed by atoms with E-state index in [2.05, 4.69) is 5.32 Å². The average Bonchev–Trinajstić information content (AvgIpc) is 2.55. The van der Waals surface area contributed by atoms with Crippen molar-refractivity contribution in [1.29, 1.82) is 0 Å². The first-order valence-corrected chi connectivity index (χ1v) is 7.53. The van der Waals surface area contributed by atoms with Crippen LogP contribution in [0.3, 0.4) is 0 Å². The summed E-state index contributed by atoms with van der Waals surface area (Å²) in [5.41, 5.74) is 5.35. The highest BCUT2D eigenvalue weighted by molar-refractivity contribution is 6.33. The first-order valence-electron chi connectivity index (χ1n) is 7.15. The molecule has 8 heteroatoms. The summed E-state index contributed by atoms with van der Waals surface area (Å²) in [4.78, 5) is 35.0. The zero-order valence-electron chi connectivity index (χ0n) is 13.1. The maximum atomic E-state index is 13.7. The zero-order chi connectivity index (χ0) is 18.6. The fourth-order valence-corrected chi connectivity index (χ4v) is 2.17. The van der Waals surface area contributed by atoms with Gasteiger partial charge in [0.25, 0.3) is 5.91 Å². The summed E-state index contributed by atoms with van der Waals surface area (Å²) < 4.78 is 18.6. The molecule has 0 unspecified atom stereocenters. The van der Waals surface area contributed by atoms with E-state index in [1.807, 2.05) is 0 Å². The van der Waals surface area contributed by atoms with Gasteiger partial charge in [0, 0.05) is 11.3 Å². The molecular formula is C17H14ClFN2O4. The maximum absolute atomic E-state index is 13.7. The minimum absolute atomic E-state index is 0.111. The van der Waals surface area contributed by atoms with Crippen molar-refractivity contribution in [2.75, 3.05) is 5.32 Å². The number of rotatable bonds is 5. The number of anilines is 1. The van der Waals surface area contributed by atoms with Gasteiger partial charge < -0.3 is 15.8 Å². The number of ether oxygens (including phenoxy) is 1. The number of nitrogens with one attached hydrogen (secondary N) is 1. The summed E-state index contributed by atoms with van der Waals surface area (Å²) in [7, 11) is 0. The molecule has 0 bridgehead atoms. The monoisotopic (exact) mass is 364 g/mol. The first-order chi connectivity index (χ1) is 11.8. The van der Waals surface area contributed by atoms with Crippen LogP contribution in [-0.4, -0.2) is 23.9 Å². The molecule has 0 saturated heterocycles. The quantitative estimate of drug-likeness (QED) is 0.797. The fraction of sp³-hybridized carbons (Fsp3) is 0.118. The summed E-state index contributed by atoms with van der Waals surface area (Å²) in [6, 6.07) is 9.57. The maximum Gasteiger partial charge on any atom is 0.343 e. The number of carbonyl (C=O) groups excluding carboxylic acids is 3. The van der Waals surface area contributed by atoms with Crippen LogP contribution in [0.2, 0.25) is 5.02 Å². The Morgan fingerprint density at radius 1 is 1.16 bits per heavy atom. The third-order valence-corrected chi connectivity index (χ3v) is 3.57. The molecule has 25 heavy (non-hydrogen) atoms. The van der Waals surface area contributed by atoms with E-state index >= 15 is 0 Å². The molecule has 0 radical (unpaired) electrons. The Hall–Kier alpha value is -2.93. The van der Waals surface area contributed by atoms with Crippen molar-refractivity contribution in [3.05, 3.63) is 64.4 Å². The molecule has 130 valence electrons. The Morgan fingerprint density at radius 3 is 2.36 bits per heavy atom. The van der Waals surface area contributed by atoms with Crippen LogP contribution >= 0.6 is 11.6 Å². The second-order valence-corrected chi connectivity index (χ2v) is 5.48. The number of hydrogen-bond donors (Lipinski definition) is 2. The third-order valence-electron chi connectivity index (χ3n) is 3.26. The standard InChI is InChI=1S/C17H14ClFN2O4/c1-9(25-17(24)14-12(18)3-2-4-13(14)19)16(23)21-11-7-5-10(6-8-11)15(20)22/h2-9H,1H3,(H2,20,22)(H,21,23)/t9-/m1/s1. The highest BCUT2D eigenvalue weighted by Gasteiger charge is 2.23. The van der Waals surface area contributed by atoms with E-state index in [0.29, 0.717) is 5.69 Å². The van der Waals surface area contributed by atoms with Crippen molar-refractivity contribution in [2.45, 2.75) is 13.0 Å². The summed E-state index contributed by atoms with van der Waals surface area (Å²) in [5.74, 6) is -3.11. The number of primary amides is 1. The van der Waals surface area contributed by atoms with Crippen LogP contribution in [-0.2, 0) is 9.53 Å². The van der Waals surface area contributed by atoms with Crippen LogP contribution < -0.4 is 11.1 Å². The van der Waals surface area contributed by atoms with Gasteiger partial charge in [-0.05, 0) is 43.3 Å². The van der Waals surface area contributed by atoms with Gasteiger partial charge in [0.1, 0.15) is 11.4 Å². The molecule has 0 heterocycles. The molecular weight excluding hydrogens is 351 g/mol. The summed E-state index contributed by atoms with van der Waals surface area (Å²) in [5, 5.41) is 2.39. The van der Waals surface area contributed by atoms with Crippen LogP contribution in [0.4, 0.5) is 10.1 Å². The molecule has 0 aliphatic carbocycles. The molecule has 1 atom stereocenters. The van der Waals surface area contributed by atoms with Crippen molar-refractivity contribution in [3.63, 3.8) is 0 Å². The van der Waals surface area contributed by atoms with Gasteiger partial charge in [-0.15, -0.1) is 0 Å². The molecule has 0 spiro atoms. The number of nitrogens with two attached hydrogens (primary N) is 1. The highest BCUT2D eigenvalue weighted by atomic mass is 35.5. The van der Waals surface area contributed by atoms with Gasteiger partial charge in [-0.1, -0.05) is 17.7 Å². The van der Waals surface area contributed by atoms with Gasteiger partial charge in [0.15, 0.2) is 6.10 Å². The van der Waals surface area contributed by atoms with Gasteiger partial charge in [-0.3, -0.25) is 9.59 Å². The topological polar surface area (TPSA) is 98.5 Å². The van der Waals surface area contributed by atoms with Crippen LogP contribution in [0.1, 0.15) is 27.6 Å². The highest BCUT2D eigenvalue weighted by Crippen LogP contribution is 2.20. The molecule has 2 amide bonds. The summed E-state index contributed by atoms with van der Waals surface area (Å²) >= 11 is 5.78. The smallest absolute Gasteiger partial charge is 0.343 e. The molecule has 0 fully saturated rings. The normalized spacial score (nSPS) is 11.5. The van der Waals surface area contributed by atoms with Crippen molar-refractivity contribution in [1.82, 2.24) is 0 Å². The molecule has 0 saturated carbocycles. The van der Waals surface area contributed by atoms with Crippen LogP contribution in [0, 0.1) is 5.82 Å². The number of benzene rings is 2. The Kier molecular flexibility index (Phi) is 5.71. The SMILES string of the molecule is C[C@@H](OC(=O)c1c(F)cccc1Cl)C(=O)Nc1ccc(C(N)=O)cc1. The first kappa shape index (κ1) is 18.4. The summed E-state index contributed by atoms with van der Waals surface area (Å²) in [6.07, 6.45) is -1.20. The lowest BCUT2D eigenvalue weighted by molar-refractivity contribution is -0.123. The van der Waals surface area contributed by atoms with Gasteiger partial charge in [-0.25, -0.2) is 9.18 Å². The molecule has 0 aromatic heterocycles. The number of carbonyl (C=O) groups is 3. The summed E-state index contributed by atoms with van der Waals surface area (Å²) in [6.45, 7) is 1.33. The minimum atomic E-state index is -1.20. The van der Waals surface area contributed by atoms with Crippen molar-refractivity contribution < 1.29 is 23.5 Å². The predicted molar refractivity (Wildman–Crippen MR) is 89.9 cm³/mol. The minimum Gasteiger partial charge on any atom is -0.449 e. The van der Waals surface area contributed by atoms with Crippen molar-refractivity contribution in [3.8, 4) is 0 Å². The van der Waals surface area contributed by atoms with Crippen molar-refractivity contribution in [2.24, 2.45) is 5.73 Å². The second kappa shape index (κ2) is 7.76. The molecule has 0 aliphatic rings. The Labute approximate surface area is 147 Å². The second-order valence-electron chi connectivity index (χ2n) is 5.08. The van der Waals surface area contributed by atoms with Crippen LogP contribution in [0.15, 0.2) is 42.5 Å². The van der Waals surface area contributed by atoms with Gasteiger partial charge in [-0.2, -0.15) is 0 Å². The lowest BCUT2D eigenvalue weighted by atomic mass is 10.2. The zero-order valence-corrected chi connectivity index (χ0v) is 13.8. The third kappa shape index (κ3) is 4.54. The van der Waals surface area contributed by atoms with E-state index in [1.54, 1.807) is 0 Å². The largest absolute Gasteiger partial charge is 0.449 e. The van der Waals surface area contributed by atoms with E-state index < -0.39 is 35.3 Å². The van der Waals surface area contributed by atoms with E-state index in [1.165, 1.54) is 43.3 Å². The Morgan fingerprint density at radius 2 is 1.80 bits per heavy atom. The molecule has 2 rings (SSSR count). The molecule has 2 aromatic rings. The Balaban J connectivity index is 2.02. The Bertz CT molecular complexity index is 804. The van der Waals surface area contributed by atoms with Crippen LogP contribution in [0.25, 0.3) is 0 Å². The average molecular weight is 365 g/mol. The number of halogens is 2. The van der Waals surface area contributed by atoms with Gasteiger partial charge in [0.05, 0.1) is 5.02 Å². The number of hydrogen-bond acceptors (Lipinski definition) is 4. The molecule has 6 nitrogen and oxygen atoms in total. The lowest BCUT2D eigenvalue weighted by Gasteiger charge is -2.14. The molecule has 2 aromatic carbocycles. The predicted octanol–water partition coefficient (Wildman–Crippen LogP) is 2.76. The van der Waals surface area contributed by atoms with E-state index in [0.717, 1.165) is 6.07 Å². The lowest BCUT2D eigenvalue weighted by Crippen LogP contribution is -2.30. The van der Waals surface area contributed by atoms with Gasteiger partial charge >= 0.3 is 5.97 Å². The van der Waals surface area contributed by atoms with Gasteiger partial charge in [0.2, 0.25) is 5.91 Å². The molecule has 0 aliphatic heterocycles. The fourth-order valence-electron chi connectivity index (χ4n) is 1.93. The number of esters is 1. The van der Waals surface area contributed by atoms with E-state index in [9.17, 15) is 18.8 Å². The van der Waals surface area contributed by atoms with E-state index in [-0.39, 0.29) is 10.6 Å². The van der Waals surface area contributed by atoms with Crippen LogP contribution in [0.5, 0.6) is 0 Å². The molecule has 3 N–H and O–H groups in total. The number of amides is 2. The van der Waals surface area contributed by atoms with E-state index in [4.69, 9.17) is 22.1 Å². The van der Waals surface area contributed by atoms with Crippen molar-refractivity contribution >= 4 is 35.1 Å².